The van der Waals surface area contributed by atoms with Crippen molar-refractivity contribution in [2.75, 3.05) is 6.54 Å². The Morgan fingerprint density at radius 1 is 1.20 bits per heavy atom. The second-order valence-corrected chi connectivity index (χ2v) is 7.10. The average Bonchev–Trinajstić information content (AvgIpc) is 2.83. The Kier molecular flexibility index (Phi) is 5.91. The molecule has 0 amide bonds. The highest BCUT2D eigenvalue weighted by Crippen LogP contribution is 2.30. The van der Waals surface area contributed by atoms with Gasteiger partial charge in [-0.2, -0.15) is 0 Å². The van der Waals surface area contributed by atoms with Crippen LogP contribution in [0, 0.1) is 6.92 Å². The van der Waals surface area contributed by atoms with Gasteiger partial charge in [-0.05, 0) is 55.6 Å². The van der Waals surface area contributed by atoms with Crippen LogP contribution in [-0.4, -0.2) is 6.54 Å². The van der Waals surface area contributed by atoms with E-state index in [-0.39, 0.29) is 6.04 Å². The topological polar surface area (TPSA) is 12.0 Å². The molecule has 0 aliphatic heterocycles. The van der Waals surface area contributed by atoms with Gasteiger partial charge in [0.25, 0.3) is 0 Å². The molecule has 0 spiro atoms. The summed E-state index contributed by atoms with van der Waals surface area (Å²) in [6, 6.07) is 10.6. The molecular formula is C16H19Cl2NS. The lowest BCUT2D eigenvalue weighted by Gasteiger charge is -2.18. The molecule has 0 aliphatic rings. The van der Waals surface area contributed by atoms with Gasteiger partial charge in [-0.25, -0.2) is 0 Å². The molecule has 1 heterocycles. The molecule has 0 fully saturated rings. The number of halogens is 2. The molecule has 1 aromatic carbocycles. The Morgan fingerprint density at radius 3 is 2.60 bits per heavy atom. The Balaban J connectivity index is 2.18. The minimum absolute atomic E-state index is 0.271. The lowest BCUT2D eigenvalue weighted by molar-refractivity contribution is 0.536. The van der Waals surface area contributed by atoms with E-state index < -0.39 is 0 Å². The first-order valence-corrected chi connectivity index (χ1v) is 8.41. The van der Waals surface area contributed by atoms with Crippen molar-refractivity contribution in [1.29, 1.82) is 0 Å². The highest BCUT2D eigenvalue weighted by atomic mass is 35.5. The standard InChI is InChI=1S/C16H19Cl2NS/c1-3-8-19-14(15-6-7-16(18)20-15)10-12-5-4-11(2)9-13(12)17/h4-7,9,14,19H,3,8,10H2,1-2H3. The van der Waals surface area contributed by atoms with E-state index in [0.29, 0.717) is 0 Å². The maximum atomic E-state index is 6.35. The van der Waals surface area contributed by atoms with Crippen LogP contribution < -0.4 is 5.32 Å². The van der Waals surface area contributed by atoms with Crippen molar-refractivity contribution in [3.05, 3.63) is 55.7 Å². The third-order valence-electron chi connectivity index (χ3n) is 3.21. The van der Waals surface area contributed by atoms with Crippen molar-refractivity contribution in [3.8, 4) is 0 Å². The highest BCUT2D eigenvalue weighted by molar-refractivity contribution is 7.16. The molecule has 0 radical (unpaired) electrons. The van der Waals surface area contributed by atoms with E-state index in [0.717, 1.165) is 28.7 Å². The average molecular weight is 328 g/mol. The fraction of sp³-hybridized carbons (Fsp3) is 0.375. The van der Waals surface area contributed by atoms with Crippen LogP contribution in [0.25, 0.3) is 0 Å². The van der Waals surface area contributed by atoms with Gasteiger partial charge in [0.15, 0.2) is 0 Å². The van der Waals surface area contributed by atoms with Crippen molar-refractivity contribution in [3.63, 3.8) is 0 Å². The number of nitrogens with one attached hydrogen (secondary N) is 1. The molecule has 1 atom stereocenters. The lowest BCUT2D eigenvalue weighted by atomic mass is 10.0. The zero-order chi connectivity index (χ0) is 14.5. The summed E-state index contributed by atoms with van der Waals surface area (Å²) in [7, 11) is 0. The fourth-order valence-corrected chi connectivity index (χ4v) is 3.59. The van der Waals surface area contributed by atoms with Crippen LogP contribution >= 0.6 is 34.5 Å². The molecule has 20 heavy (non-hydrogen) atoms. The van der Waals surface area contributed by atoms with Crippen LogP contribution in [0.15, 0.2) is 30.3 Å². The molecule has 1 nitrogen and oxygen atoms in total. The van der Waals surface area contributed by atoms with Gasteiger partial charge in [0.2, 0.25) is 0 Å². The summed E-state index contributed by atoms with van der Waals surface area (Å²) in [5.41, 5.74) is 2.37. The molecule has 2 rings (SSSR count). The van der Waals surface area contributed by atoms with Crippen LogP contribution in [0.1, 0.15) is 35.4 Å². The van der Waals surface area contributed by atoms with E-state index in [1.54, 1.807) is 11.3 Å². The molecule has 0 saturated heterocycles. The number of benzene rings is 1. The van der Waals surface area contributed by atoms with Gasteiger partial charge in [-0.1, -0.05) is 42.3 Å². The minimum Gasteiger partial charge on any atom is -0.309 e. The molecule has 1 unspecified atom stereocenters. The van der Waals surface area contributed by atoms with E-state index >= 15 is 0 Å². The van der Waals surface area contributed by atoms with Gasteiger partial charge in [0, 0.05) is 15.9 Å². The third-order valence-corrected chi connectivity index (χ3v) is 4.91. The zero-order valence-corrected chi connectivity index (χ0v) is 14.1. The molecule has 0 bridgehead atoms. The zero-order valence-electron chi connectivity index (χ0n) is 11.7. The van der Waals surface area contributed by atoms with Crippen LogP contribution in [0.3, 0.4) is 0 Å². The van der Waals surface area contributed by atoms with Crippen molar-refractivity contribution in [1.82, 2.24) is 5.32 Å². The summed E-state index contributed by atoms with van der Waals surface area (Å²) >= 11 is 14.0. The van der Waals surface area contributed by atoms with Crippen molar-refractivity contribution < 1.29 is 0 Å². The van der Waals surface area contributed by atoms with E-state index in [2.05, 4.69) is 37.4 Å². The number of aryl methyl sites for hydroxylation is 1. The molecular weight excluding hydrogens is 309 g/mol. The Morgan fingerprint density at radius 2 is 2.00 bits per heavy atom. The maximum Gasteiger partial charge on any atom is 0.0931 e. The van der Waals surface area contributed by atoms with Gasteiger partial charge in [-0.3, -0.25) is 0 Å². The molecule has 0 aliphatic carbocycles. The third kappa shape index (κ3) is 4.23. The van der Waals surface area contributed by atoms with Crippen molar-refractivity contribution in [2.45, 2.75) is 32.7 Å². The summed E-state index contributed by atoms with van der Waals surface area (Å²) in [6.45, 7) is 5.22. The maximum absolute atomic E-state index is 6.35. The van der Waals surface area contributed by atoms with Gasteiger partial charge in [-0.15, -0.1) is 11.3 Å². The monoisotopic (exact) mass is 327 g/mol. The minimum atomic E-state index is 0.271. The number of hydrogen-bond donors (Lipinski definition) is 1. The summed E-state index contributed by atoms with van der Waals surface area (Å²) in [5.74, 6) is 0. The van der Waals surface area contributed by atoms with Gasteiger partial charge in [0.1, 0.15) is 0 Å². The van der Waals surface area contributed by atoms with Crippen molar-refractivity contribution in [2.24, 2.45) is 0 Å². The largest absolute Gasteiger partial charge is 0.309 e. The van der Waals surface area contributed by atoms with Crippen LogP contribution in [0.4, 0.5) is 0 Å². The van der Waals surface area contributed by atoms with Crippen LogP contribution in [0.2, 0.25) is 9.36 Å². The second kappa shape index (κ2) is 7.46. The summed E-state index contributed by atoms with van der Waals surface area (Å²) < 4.78 is 0.832. The van der Waals surface area contributed by atoms with Crippen molar-refractivity contribution >= 4 is 34.5 Å². The lowest BCUT2D eigenvalue weighted by Crippen LogP contribution is -2.23. The molecule has 4 heteroatoms. The van der Waals surface area contributed by atoms with Gasteiger partial charge in [0.05, 0.1) is 4.34 Å². The van der Waals surface area contributed by atoms with E-state index in [4.69, 9.17) is 23.2 Å². The second-order valence-electron chi connectivity index (χ2n) is 4.95. The van der Waals surface area contributed by atoms with E-state index in [1.807, 2.05) is 12.1 Å². The predicted molar refractivity (Wildman–Crippen MR) is 90.3 cm³/mol. The molecule has 2 aromatic rings. The molecule has 0 saturated carbocycles. The molecule has 1 aromatic heterocycles. The van der Waals surface area contributed by atoms with E-state index in [9.17, 15) is 0 Å². The Hall–Kier alpha value is -0.540. The summed E-state index contributed by atoms with van der Waals surface area (Å²) in [5, 5.41) is 4.43. The van der Waals surface area contributed by atoms with Crippen LogP contribution in [0.5, 0.6) is 0 Å². The first-order valence-electron chi connectivity index (χ1n) is 6.83. The number of hydrogen-bond acceptors (Lipinski definition) is 2. The Bertz CT molecular complexity index is 565. The normalized spacial score (nSPS) is 12.6. The smallest absolute Gasteiger partial charge is 0.0931 e. The Labute approximate surface area is 134 Å². The van der Waals surface area contributed by atoms with Crippen LogP contribution in [-0.2, 0) is 6.42 Å². The van der Waals surface area contributed by atoms with Gasteiger partial charge < -0.3 is 5.32 Å². The van der Waals surface area contributed by atoms with E-state index in [1.165, 1.54) is 16.0 Å². The quantitative estimate of drug-likeness (QED) is 0.723. The first kappa shape index (κ1) is 15.8. The molecule has 1 N–H and O–H groups in total. The molecule has 108 valence electrons. The first-order chi connectivity index (χ1) is 9.60. The number of thiophene rings is 1. The predicted octanol–water partition coefficient (Wildman–Crippen LogP) is 5.65. The highest BCUT2D eigenvalue weighted by Gasteiger charge is 2.15. The van der Waals surface area contributed by atoms with Gasteiger partial charge >= 0.3 is 0 Å². The fourth-order valence-electron chi connectivity index (χ4n) is 2.15. The summed E-state index contributed by atoms with van der Waals surface area (Å²) in [4.78, 5) is 1.26. The summed E-state index contributed by atoms with van der Waals surface area (Å²) in [6.07, 6.45) is 1.99. The number of rotatable bonds is 6. The SMILES string of the molecule is CCCNC(Cc1ccc(C)cc1Cl)c1ccc(Cl)s1.